The molecule has 1 saturated carbocycles. The Morgan fingerprint density at radius 3 is 2.35 bits per heavy atom. The van der Waals surface area contributed by atoms with Crippen molar-refractivity contribution in [3.05, 3.63) is 60.2 Å². The number of hydrogen-bond acceptors (Lipinski definition) is 4. The van der Waals surface area contributed by atoms with E-state index in [1.54, 1.807) is 18.2 Å². The van der Waals surface area contributed by atoms with Gasteiger partial charge in [0, 0.05) is 43.5 Å². The molecule has 1 saturated heterocycles. The molecule has 2 aromatic rings. The minimum atomic E-state index is -3.64. The molecule has 0 bridgehead atoms. The van der Waals surface area contributed by atoms with E-state index in [0.29, 0.717) is 37.7 Å². The van der Waals surface area contributed by atoms with Crippen molar-refractivity contribution in [3.63, 3.8) is 0 Å². The molecule has 1 aliphatic carbocycles. The molecular formula is C24H31N3O3S. The van der Waals surface area contributed by atoms with Gasteiger partial charge in [-0.1, -0.05) is 44.0 Å². The molecule has 6 nitrogen and oxygen atoms in total. The Morgan fingerprint density at radius 1 is 0.935 bits per heavy atom. The summed E-state index contributed by atoms with van der Waals surface area (Å²) < 4.78 is 28.0. The highest BCUT2D eigenvalue weighted by Crippen LogP contribution is 2.25. The third-order valence-corrected chi connectivity index (χ3v) is 8.42. The number of carbonyl (C=O) groups excluding carboxylic acids is 1. The Hall–Kier alpha value is -2.38. The van der Waals surface area contributed by atoms with E-state index >= 15 is 0 Å². The van der Waals surface area contributed by atoms with E-state index < -0.39 is 10.0 Å². The zero-order valence-electron chi connectivity index (χ0n) is 18.0. The lowest BCUT2D eigenvalue weighted by atomic mass is 9.86. The van der Waals surface area contributed by atoms with Gasteiger partial charge in [0.15, 0.2) is 0 Å². The van der Waals surface area contributed by atoms with Crippen LogP contribution in [0.2, 0.25) is 0 Å². The van der Waals surface area contributed by atoms with Crippen molar-refractivity contribution in [2.75, 3.05) is 31.1 Å². The average Bonchev–Trinajstić information content (AvgIpc) is 2.81. The number of nitrogens with zero attached hydrogens (tertiary/aromatic N) is 2. The van der Waals surface area contributed by atoms with Crippen molar-refractivity contribution in [2.45, 2.75) is 43.5 Å². The van der Waals surface area contributed by atoms with Gasteiger partial charge in [-0.15, -0.1) is 0 Å². The number of amides is 1. The van der Waals surface area contributed by atoms with E-state index in [0.717, 1.165) is 24.9 Å². The molecule has 1 aliphatic heterocycles. The zero-order valence-corrected chi connectivity index (χ0v) is 18.9. The monoisotopic (exact) mass is 441 g/mol. The van der Waals surface area contributed by atoms with Gasteiger partial charge in [0.05, 0.1) is 4.90 Å². The molecule has 0 aromatic heterocycles. The van der Waals surface area contributed by atoms with Crippen molar-refractivity contribution < 1.29 is 13.2 Å². The Bertz CT molecular complexity index is 1000. The summed E-state index contributed by atoms with van der Waals surface area (Å²) in [6.45, 7) is 4.30. The number of para-hydroxylation sites is 1. The maximum atomic E-state index is 13.2. The number of piperazine rings is 1. The lowest BCUT2D eigenvalue weighted by Crippen LogP contribution is -2.48. The maximum absolute atomic E-state index is 13.2. The fourth-order valence-corrected chi connectivity index (χ4v) is 6.02. The van der Waals surface area contributed by atoms with E-state index in [1.807, 2.05) is 30.3 Å². The van der Waals surface area contributed by atoms with Crippen LogP contribution in [-0.2, 0) is 10.0 Å². The molecule has 0 radical (unpaired) electrons. The quantitative estimate of drug-likeness (QED) is 0.771. The van der Waals surface area contributed by atoms with Gasteiger partial charge in [0.1, 0.15) is 0 Å². The molecular weight excluding hydrogens is 410 g/mol. The molecule has 2 aromatic carbocycles. The molecule has 31 heavy (non-hydrogen) atoms. The molecule has 166 valence electrons. The lowest BCUT2D eigenvalue weighted by molar-refractivity contribution is 0.0910. The van der Waals surface area contributed by atoms with Crippen LogP contribution in [-0.4, -0.2) is 50.9 Å². The van der Waals surface area contributed by atoms with E-state index in [2.05, 4.69) is 17.1 Å². The Labute approximate surface area is 185 Å². The first-order valence-electron chi connectivity index (χ1n) is 11.2. The first-order valence-corrected chi connectivity index (χ1v) is 12.6. The third kappa shape index (κ3) is 4.93. The summed E-state index contributed by atoms with van der Waals surface area (Å²) in [4.78, 5) is 15.2. The molecule has 7 heteroatoms. The number of rotatable bonds is 5. The van der Waals surface area contributed by atoms with Crippen molar-refractivity contribution in [1.29, 1.82) is 0 Å². The first-order chi connectivity index (χ1) is 14.9. The van der Waals surface area contributed by atoms with E-state index in [1.165, 1.54) is 16.8 Å². The predicted molar refractivity (Wildman–Crippen MR) is 123 cm³/mol. The van der Waals surface area contributed by atoms with Gasteiger partial charge in [-0.25, -0.2) is 8.42 Å². The van der Waals surface area contributed by atoms with Gasteiger partial charge in [-0.2, -0.15) is 4.31 Å². The standard InChI is InChI=1S/C24H31N3O3S/c1-19-8-5-6-13-23(19)25-24(28)20-9-7-12-22(18-20)31(29,30)27-16-14-26(15-17-27)21-10-3-2-4-11-21/h2-4,7,9-12,18-19,23H,5-6,8,13-17H2,1H3,(H,25,28)/t19-,23+/m0/s1. The fraction of sp³-hybridized carbons (Fsp3) is 0.458. The van der Waals surface area contributed by atoms with Crippen LogP contribution < -0.4 is 10.2 Å². The minimum Gasteiger partial charge on any atom is -0.369 e. The maximum Gasteiger partial charge on any atom is 0.251 e. The average molecular weight is 442 g/mol. The number of anilines is 1. The largest absolute Gasteiger partial charge is 0.369 e. The third-order valence-electron chi connectivity index (χ3n) is 6.52. The van der Waals surface area contributed by atoms with Crippen LogP contribution in [0.3, 0.4) is 0 Å². The molecule has 2 aliphatic rings. The van der Waals surface area contributed by atoms with E-state index in [4.69, 9.17) is 0 Å². The number of nitrogens with one attached hydrogen (secondary N) is 1. The first kappa shape index (κ1) is 21.8. The lowest BCUT2D eigenvalue weighted by Gasteiger charge is -2.35. The highest BCUT2D eigenvalue weighted by Gasteiger charge is 2.29. The van der Waals surface area contributed by atoms with Crippen LogP contribution >= 0.6 is 0 Å². The summed E-state index contributed by atoms with van der Waals surface area (Å²) in [6.07, 6.45) is 4.43. The number of carbonyl (C=O) groups is 1. The van der Waals surface area contributed by atoms with Crippen molar-refractivity contribution in [3.8, 4) is 0 Å². The van der Waals surface area contributed by atoms with Crippen molar-refractivity contribution in [2.24, 2.45) is 5.92 Å². The van der Waals surface area contributed by atoms with Gasteiger partial charge < -0.3 is 10.2 Å². The zero-order chi connectivity index (χ0) is 21.8. The summed E-state index contributed by atoms with van der Waals surface area (Å²) in [5.41, 5.74) is 1.51. The normalized spacial score (nSPS) is 22.8. The second-order valence-electron chi connectivity index (χ2n) is 8.60. The Balaban J connectivity index is 1.43. The van der Waals surface area contributed by atoms with E-state index in [-0.39, 0.29) is 16.8 Å². The smallest absolute Gasteiger partial charge is 0.251 e. The molecule has 0 spiro atoms. The second kappa shape index (κ2) is 9.40. The number of benzene rings is 2. The van der Waals surface area contributed by atoms with Crippen LogP contribution in [0.5, 0.6) is 0 Å². The molecule has 0 unspecified atom stereocenters. The topological polar surface area (TPSA) is 69.7 Å². The van der Waals surface area contributed by atoms with Gasteiger partial charge in [-0.05, 0) is 49.1 Å². The second-order valence-corrected chi connectivity index (χ2v) is 10.5. The number of hydrogen-bond donors (Lipinski definition) is 1. The highest BCUT2D eigenvalue weighted by atomic mass is 32.2. The summed E-state index contributed by atoms with van der Waals surface area (Å²) in [5.74, 6) is 0.259. The van der Waals surface area contributed by atoms with Gasteiger partial charge in [0.25, 0.3) is 5.91 Å². The van der Waals surface area contributed by atoms with Crippen LogP contribution in [0.15, 0.2) is 59.5 Å². The van der Waals surface area contributed by atoms with Crippen LogP contribution in [0, 0.1) is 5.92 Å². The summed E-state index contributed by atoms with van der Waals surface area (Å²) in [5, 5.41) is 3.11. The van der Waals surface area contributed by atoms with Crippen LogP contribution in [0.25, 0.3) is 0 Å². The van der Waals surface area contributed by atoms with Crippen molar-refractivity contribution in [1.82, 2.24) is 9.62 Å². The summed E-state index contributed by atoms with van der Waals surface area (Å²) in [6, 6.07) is 16.6. The van der Waals surface area contributed by atoms with Crippen LogP contribution in [0.1, 0.15) is 43.0 Å². The van der Waals surface area contributed by atoms with Gasteiger partial charge in [-0.3, -0.25) is 4.79 Å². The van der Waals surface area contributed by atoms with Crippen molar-refractivity contribution >= 4 is 21.6 Å². The van der Waals surface area contributed by atoms with Crippen LogP contribution in [0.4, 0.5) is 5.69 Å². The predicted octanol–water partition coefficient (Wildman–Crippen LogP) is 3.51. The molecule has 1 amide bonds. The summed E-state index contributed by atoms with van der Waals surface area (Å²) >= 11 is 0. The molecule has 1 N–H and O–H groups in total. The number of sulfonamides is 1. The van der Waals surface area contributed by atoms with E-state index in [9.17, 15) is 13.2 Å². The summed E-state index contributed by atoms with van der Waals surface area (Å²) in [7, 11) is -3.64. The molecule has 1 heterocycles. The van der Waals surface area contributed by atoms with Gasteiger partial charge >= 0.3 is 0 Å². The minimum absolute atomic E-state index is 0.160. The Morgan fingerprint density at radius 2 is 1.65 bits per heavy atom. The fourth-order valence-electron chi connectivity index (χ4n) is 4.55. The Kier molecular flexibility index (Phi) is 6.62. The molecule has 2 fully saturated rings. The SMILES string of the molecule is C[C@H]1CCCC[C@H]1NC(=O)c1cccc(S(=O)(=O)N2CCN(c3ccccc3)CC2)c1. The highest BCUT2D eigenvalue weighted by molar-refractivity contribution is 7.89. The molecule has 2 atom stereocenters. The molecule has 4 rings (SSSR count). The van der Waals surface area contributed by atoms with Gasteiger partial charge in [0.2, 0.25) is 10.0 Å².